The van der Waals surface area contributed by atoms with E-state index in [0.717, 1.165) is 10.6 Å². The highest BCUT2D eigenvalue weighted by Gasteiger charge is 2.21. The third-order valence-electron chi connectivity index (χ3n) is 4.29. The van der Waals surface area contributed by atoms with Gasteiger partial charge in [-0.1, -0.05) is 24.3 Å². The van der Waals surface area contributed by atoms with E-state index in [-0.39, 0.29) is 22.9 Å². The lowest BCUT2D eigenvalue weighted by Crippen LogP contribution is -2.32. The van der Waals surface area contributed by atoms with Gasteiger partial charge in [0.1, 0.15) is 11.3 Å². The Balaban J connectivity index is 2.06. The number of phenols is 1. The van der Waals surface area contributed by atoms with Crippen LogP contribution < -0.4 is 20.7 Å². The number of methoxy groups -OCH3 is 2. The number of phenolic OH excluding ortho intramolecular Hbond substituents is 1. The number of rotatable bonds is 6. The quantitative estimate of drug-likeness (QED) is 0.417. The van der Waals surface area contributed by atoms with Crippen molar-refractivity contribution < 1.29 is 24.5 Å². The molecule has 0 radical (unpaired) electrons. The molecular weight excluding hydrogens is 392 g/mol. The van der Waals surface area contributed by atoms with Crippen molar-refractivity contribution in [1.82, 2.24) is 9.55 Å². The second kappa shape index (κ2) is 8.39. The molecule has 0 amide bonds. The predicted octanol–water partition coefficient (Wildman–Crippen LogP) is 1.85. The summed E-state index contributed by atoms with van der Waals surface area (Å²) in [6.07, 6.45) is 2.39. The van der Waals surface area contributed by atoms with Crippen LogP contribution in [0.15, 0.2) is 58.1 Å². The number of nitrogens with one attached hydrogen (secondary N) is 1. The zero-order chi connectivity index (χ0) is 21.8. The third kappa shape index (κ3) is 3.81. The average molecular weight is 410 g/mol. The molecule has 1 heterocycles. The first kappa shape index (κ1) is 20.5. The van der Waals surface area contributed by atoms with Crippen molar-refractivity contribution in [2.75, 3.05) is 14.2 Å². The van der Waals surface area contributed by atoms with Crippen LogP contribution in [-0.4, -0.2) is 39.8 Å². The fraction of sp³-hybridized carbons (Fsp3) is 0.0952. The van der Waals surface area contributed by atoms with Crippen molar-refractivity contribution in [3.05, 3.63) is 80.5 Å². The van der Waals surface area contributed by atoms with Gasteiger partial charge in [-0.3, -0.25) is 14.6 Å². The highest BCUT2D eigenvalue weighted by atomic mass is 16.5. The Labute approximate surface area is 170 Å². The standard InChI is InChI=1S/C21H18N2O7/c1-29-16-6-4-3-5-13(16)23-20(27)18(19(26)22-21(23)28)14(24)9-7-12-8-10-17(30-2)15(25)11-12/h3-11,25,27H,1-2H3,(H,22,26,28). The van der Waals surface area contributed by atoms with Crippen LogP contribution in [-0.2, 0) is 0 Å². The van der Waals surface area contributed by atoms with E-state index in [9.17, 15) is 24.6 Å². The average Bonchev–Trinajstić information content (AvgIpc) is 2.72. The molecule has 9 nitrogen and oxygen atoms in total. The summed E-state index contributed by atoms with van der Waals surface area (Å²) < 4.78 is 10.9. The number of benzene rings is 2. The van der Waals surface area contributed by atoms with Crippen LogP contribution in [0.1, 0.15) is 15.9 Å². The van der Waals surface area contributed by atoms with Gasteiger partial charge in [-0.05, 0) is 35.9 Å². The molecule has 3 aromatic rings. The van der Waals surface area contributed by atoms with Crippen LogP contribution in [0.2, 0.25) is 0 Å². The van der Waals surface area contributed by atoms with Gasteiger partial charge in [0.25, 0.3) is 5.56 Å². The molecule has 9 heteroatoms. The maximum absolute atomic E-state index is 12.6. The topological polar surface area (TPSA) is 131 Å². The number of carbonyl (C=O) groups excluding carboxylic acids is 1. The fourth-order valence-electron chi connectivity index (χ4n) is 2.85. The number of ether oxygens (including phenoxy) is 2. The molecular formula is C21H18N2O7. The van der Waals surface area contributed by atoms with Crippen molar-refractivity contribution in [1.29, 1.82) is 0 Å². The van der Waals surface area contributed by atoms with E-state index < -0.39 is 28.5 Å². The van der Waals surface area contributed by atoms with Crippen molar-refractivity contribution >= 4 is 11.9 Å². The molecule has 154 valence electrons. The van der Waals surface area contributed by atoms with E-state index in [1.807, 2.05) is 4.98 Å². The molecule has 3 N–H and O–H groups in total. The van der Waals surface area contributed by atoms with Gasteiger partial charge in [-0.2, -0.15) is 0 Å². The first-order valence-electron chi connectivity index (χ1n) is 8.68. The lowest BCUT2D eigenvalue weighted by molar-refractivity contribution is 0.104. The number of nitrogens with zero attached hydrogens (tertiary/aromatic N) is 1. The first-order chi connectivity index (χ1) is 14.4. The normalized spacial score (nSPS) is 10.9. The van der Waals surface area contributed by atoms with Crippen LogP contribution >= 0.6 is 0 Å². The van der Waals surface area contributed by atoms with Gasteiger partial charge in [0, 0.05) is 0 Å². The molecule has 0 unspecified atom stereocenters. The largest absolute Gasteiger partial charge is 0.504 e. The van der Waals surface area contributed by atoms with Gasteiger partial charge >= 0.3 is 5.69 Å². The number of carbonyl (C=O) groups is 1. The maximum atomic E-state index is 12.6. The van der Waals surface area contributed by atoms with Gasteiger partial charge in [0.05, 0.1) is 19.9 Å². The Morgan fingerprint density at radius 3 is 2.40 bits per heavy atom. The summed E-state index contributed by atoms with van der Waals surface area (Å²) in [6.45, 7) is 0. The second-order valence-corrected chi connectivity index (χ2v) is 6.09. The van der Waals surface area contributed by atoms with E-state index in [1.54, 1.807) is 24.3 Å². The van der Waals surface area contributed by atoms with E-state index in [1.165, 1.54) is 38.5 Å². The molecule has 3 rings (SSSR count). The van der Waals surface area contributed by atoms with Gasteiger partial charge in [-0.15, -0.1) is 0 Å². The van der Waals surface area contributed by atoms with Crippen LogP contribution in [0, 0.1) is 0 Å². The number of para-hydroxylation sites is 2. The minimum Gasteiger partial charge on any atom is -0.504 e. The van der Waals surface area contributed by atoms with E-state index in [2.05, 4.69) is 0 Å². The molecule has 0 atom stereocenters. The zero-order valence-electron chi connectivity index (χ0n) is 16.1. The van der Waals surface area contributed by atoms with Crippen LogP contribution in [0.5, 0.6) is 23.1 Å². The number of hydrogen-bond acceptors (Lipinski definition) is 7. The van der Waals surface area contributed by atoms with E-state index in [4.69, 9.17) is 9.47 Å². The molecule has 0 aliphatic heterocycles. The summed E-state index contributed by atoms with van der Waals surface area (Å²) in [7, 11) is 2.78. The number of allylic oxidation sites excluding steroid dienone is 1. The molecule has 0 spiro atoms. The molecule has 30 heavy (non-hydrogen) atoms. The van der Waals surface area contributed by atoms with Crippen LogP contribution in [0.4, 0.5) is 0 Å². The second-order valence-electron chi connectivity index (χ2n) is 6.09. The van der Waals surface area contributed by atoms with Gasteiger partial charge in [0.2, 0.25) is 5.88 Å². The smallest absolute Gasteiger partial charge is 0.335 e. The third-order valence-corrected chi connectivity index (χ3v) is 4.29. The molecule has 1 aromatic heterocycles. The summed E-state index contributed by atoms with van der Waals surface area (Å²) in [5.41, 5.74) is -1.97. The molecule has 0 saturated carbocycles. The van der Waals surface area contributed by atoms with E-state index >= 15 is 0 Å². The van der Waals surface area contributed by atoms with Gasteiger partial charge < -0.3 is 19.7 Å². The molecule has 0 aliphatic rings. The molecule has 2 aromatic carbocycles. The Kier molecular flexibility index (Phi) is 5.73. The van der Waals surface area contributed by atoms with Crippen LogP contribution in [0.3, 0.4) is 0 Å². The monoisotopic (exact) mass is 410 g/mol. The highest BCUT2D eigenvalue weighted by Crippen LogP contribution is 2.27. The fourth-order valence-corrected chi connectivity index (χ4v) is 2.85. The van der Waals surface area contributed by atoms with Gasteiger partial charge in [-0.25, -0.2) is 9.36 Å². The van der Waals surface area contributed by atoms with Crippen molar-refractivity contribution in [2.45, 2.75) is 0 Å². The number of ketones is 1. The highest BCUT2D eigenvalue weighted by molar-refractivity contribution is 6.08. The summed E-state index contributed by atoms with van der Waals surface area (Å²) in [4.78, 5) is 39.2. The molecule has 0 fully saturated rings. The predicted molar refractivity (Wildman–Crippen MR) is 109 cm³/mol. The van der Waals surface area contributed by atoms with Crippen molar-refractivity contribution in [2.24, 2.45) is 0 Å². The zero-order valence-corrected chi connectivity index (χ0v) is 16.1. The van der Waals surface area contributed by atoms with Gasteiger partial charge in [0.15, 0.2) is 17.3 Å². The Hall–Kier alpha value is -4.27. The summed E-state index contributed by atoms with van der Waals surface area (Å²) in [5, 5.41) is 20.4. The number of aromatic amines is 1. The lowest BCUT2D eigenvalue weighted by atomic mass is 10.1. The number of H-pyrrole nitrogens is 1. The van der Waals surface area contributed by atoms with Crippen molar-refractivity contribution in [3.63, 3.8) is 0 Å². The Bertz CT molecular complexity index is 1250. The first-order valence-corrected chi connectivity index (χ1v) is 8.68. The minimum atomic E-state index is -1.03. The van der Waals surface area contributed by atoms with E-state index in [0.29, 0.717) is 5.56 Å². The minimum absolute atomic E-state index is 0.127. The number of hydrogen-bond donors (Lipinski definition) is 3. The maximum Gasteiger partial charge on any atom is 0.335 e. The lowest BCUT2D eigenvalue weighted by Gasteiger charge is -2.13. The number of aromatic hydroxyl groups is 2. The van der Waals surface area contributed by atoms with Crippen molar-refractivity contribution in [3.8, 4) is 28.8 Å². The Morgan fingerprint density at radius 2 is 1.73 bits per heavy atom. The number of aromatic nitrogens is 2. The molecule has 0 bridgehead atoms. The summed E-state index contributed by atoms with van der Waals surface area (Å²) in [5.74, 6) is -1.27. The summed E-state index contributed by atoms with van der Waals surface area (Å²) >= 11 is 0. The molecule has 0 aliphatic carbocycles. The molecule has 0 saturated heterocycles. The summed E-state index contributed by atoms with van der Waals surface area (Å²) in [6, 6.07) is 10.8. The SMILES string of the molecule is COc1ccc(C=CC(=O)c2c(O)n(-c3ccccc3OC)c(=O)[nH]c2=O)cc1O. The Morgan fingerprint density at radius 1 is 1.03 bits per heavy atom. The van der Waals surface area contributed by atoms with Crippen LogP contribution in [0.25, 0.3) is 11.8 Å².